The largest absolute Gasteiger partial charge is 0.393 e. The highest BCUT2D eigenvalue weighted by molar-refractivity contribution is 7.19. The lowest BCUT2D eigenvalue weighted by atomic mass is 9.93. The molecular formula is C16H18N2O2S. The molecule has 1 heterocycles. The second kappa shape index (κ2) is 6.37. The van der Waals surface area contributed by atoms with Gasteiger partial charge in [0.25, 0.3) is 0 Å². The number of nitrogens with zero attached hydrogens (tertiary/aromatic N) is 1. The third-order valence-electron chi connectivity index (χ3n) is 3.73. The van der Waals surface area contributed by atoms with E-state index in [4.69, 9.17) is 0 Å². The first-order valence-electron chi connectivity index (χ1n) is 7.23. The molecule has 1 aromatic heterocycles. The molecule has 1 amide bonds. The number of para-hydroxylation sites is 1. The van der Waals surface area contributed by atoms with Gasteiger partial charge in [0.15, 0.2) is 0 Å². The minimum absolute atomic E-state index is 0.0874. The second-order valence-corrected chi connectivity index (χ2v) is 6.43. The Morgan fingerprint density at radius 3 is 2.81 bits per heavy atom. The second-order valence-electron chi connectivity index (χ2n) is 5.37. The van der Waals surface area contributed by atoms with Gasteiger partial charge in [0.2, 0.25) is 5.91 Å². The lowest BCUT2D eigenvalue weighted by Gasteiger charge is -2.25. The number of nitrogens with one attached hydrogen (secondary N) is 1. The van der Waals surface area contributed by atoms with Crippen molar-refractivity contribution in [3.8, 4) is 0 Å². The Labute approximate surface area is 127 Å². The Balaban J connectivity index is 1.58. The summed E-state index contributed by atoms with van der Waals surface area (Å²) in [6, 6.07) is 8.12. The third-order valence-corrected chi connectivity index (χ3v) is 4.73. The number of amides is 1. The van der Waals surface area contributed by atoms with E-state index in [9.17, 15) is 9.90 Å². The van der Waals surface area contributed by atoms with E-state index >= 15 is 0 Å². The zero-order valence-corrected chi connectivity index (χ0v) is 12.5. The predicted octanol–water partition coefficient (Wildman–Crippen LogP) is 2.73. The van der Waals surface area contributed by atoms with Crippen LogP contribution in [0.15, 0.2) is 30.3 Å². The van der Waals surface area contributed by atoms with Crippen molar-refractivity contribution in [2.45, 2.75) is 37.8 Å². The molecule has 1 aromatic carbocycles. The van der Waals surface area contributed by atoms with Crippen LogP contribution >= 0.6 is 11.3 Å². The van der Waals surface area contributed by atoms with E-state index in [2.05, 4.69) is 10.3 Å². The summed E-state index contributed by atoms with van der Waals surface area (Å²) in [5.74, 6) is -0.0874. The molecule has 1 saturated carbocycles. The van der Waals surface area contributed by atoms with Crippen LogP contribution in [0.2, 0.25) is 0 Å². The molecule has 1 aliphatic rings. The molecule has 2 aromatic rings. The summed E-state index contributed by atoms with van der Waals surface area (Å²) in [6.45, 7) is 0. The summed E-state index contributed by atoms with van der Waals surface area (Å²) >= 11 is 1.57. The van der Waals surface area contributed by atoms with E-state index < -0.39 is 0 Å². The van der Waals surface area contributed by atoms with Gasteiger partial charge in [-0.15, -0.1) is 11.3 Å². The van der Waals surface area contributed by atoms with Gasteiger partial charge in [-0.1, -0.05) is 12.1 Å². The molecule has 3 rings (SSSR count). The number of aliphatic hydroxyl groups excluding tert-OH is 1. The number of benzene rings is 1. The van der Waals surface area contributed by atoms with Crippen LogP contribution in [-0.2, 0) is 4.79 Å². The minimum Gasteiger partial charge on any atom is -0.393 e. The molecule has 1 aliphatic carbocycles. The fraction of sp³-hybridized carbons (Fsp3) is 0.375. The first-order chi connectivity index (χ1) is 10.2. The predicted molar refractivity (Wildman–Crippen MR) is 85.1 cm³/mol. The molecule has 0 unspecified atom stereocenters. The Morgan fingerprint density at radius 1 is 1.29 bits per heavy atom. The molecule has 110 valence electrons. The van der Waals surface area contributed by atoms with E-state index in [0.717, 1.165) is 40.9 Å². The molecule has 0 spiro atoms. The fourth-order valence-corrected chi connectivity index (χ4v) is 3.45. The Bertz CT molecular complexity index is 624. The molecule has 0 bridgehead atoms. The SMILES string of the molecule is O=C(/C=C/c1nc2ccccc2s1)NC1CCC(O)CC1. The summed E-state index contributed by atoms with van der Waals surface area (Å²) < 4.78 is 1.12. The van der Waals surface area contributed by atoms with Crippen molar-refractivity contribution in [1.82, 2.24) is 10.3 Å². The van der Waals surface area contributed by atoms with Gasteiger partial charge in [0, 0.05) is 12.1 Å². The van der Waals surface area contributed by atoms with Crippen LogP contribution in [0.5, 0.6) is 0 Å². The summed E-state index contributed by atoms with van der Waals surface area (Å²) in [7, 11) is 0. The van der Waals surface area contributed by atoms with E-state index in [1.165, 1.54) is 0 Å². The van der Waals surface area contributed by atoms with Crippen LogP contribution in [0.4, 0.5) is 0 Å². The summed E-state index contributed by atoms with van der Waals surface area (Å²) in [4.78, 5) is 16.4. The van der Waals surface area contributed by atoms with Crippen molar-refractivity contribution in [3.05, 3.63) is 35.3 Å². The highest BCUT2D eigenvalue weighted by atomic mass is 32.1. The number of fused-ring (bicyclic) bond motifs is 1. The molecule has 4 nitrogen and oxygen atoms in total. The smallest absolute Gasteiger partial charge is 0.244 e. The van der Waals surface area contributed by atoms with Gasteiger partial charge < -0.3 is 10.4 Å². The molecule has 5 heteroatoms. The van der Waals surface area contributed by atoms with Crippen molar-refractivity contribution < 1.29 is 9.90 Å². The van der Waals surface area contributed by atoms with Crippen LogP contribution in [0.25, 0.3) is 16.3 Å². The highest BCUT2D eigenvalue weighted by Crippen LogP contribution is 2.22. The van der Waals surface area contributed by atoms with Crippen LogP contribution in [0.3, 0.4) is 0 Å². The highest BCUT2D eigenvalue weighted by Gasteiger charge is 2.19. The maximum atomic E-state index is 11.9. The third kappa shape index (κ3) is 3.68. The zero-order chi connectivity index (χ0) is 14.7. The van der Waals surface area contributed by atoms with E-state index in [1.807, 2.05) is 24.3 Å². The van der Waals surface area contributed by atoms with Gasteiger partial charge in [0.1, 0.15) is 5.01 Å². The number of aliphatic hydroxyl groups is 1. The Morgan fingerprint density at radius 2 is 2.05 bits per heavy atom. The van der Waals surface area contributed by atoms with E-state index in [0.29, 0.717) is 0 Å². The zero-order valence-electron chi connectivity index (χ0n) is 11.7. The quantitative estimate of drug-likeness (QED) is 0.857. The number of carbonyl (C=O) groups is 1. The van der Waals surface area contributed by atoms with Gasteiger partial charge in [-0.05, 0) is 43.9 Å². The number of carbonyl (C=O) groups excluding carboxylic acids is 1. The van der Waals surface area contributed by atoms with Crippen molar-refractivity contribution in [2.75, 3.05) is 0 Å². The molecule has 21 heavy (non-hydrogen) atoms. The lowest BCUT2D eigenvalue weighted by molar-refractivity contribution is -0.117. The molecule has 0 aliphatic heterocycles. The maximum Gasteiger partial charge on any atom is 0.244 e. The average Bonchev–Trinajstić information content (AvgIpc) is 2.90. The number of hydrogen-bond donors (Lipinski definition) is 2. The van der Waals surface area contributed by atoms with Gasteiger partial charge in [-0.3, -0.25) is 4.79 Å². The lowest BCUT2D eigenvalue weighted by Crippen LogP contribution is -2.37. The number of rotatable bonds is 3. The van der Waals surface area contributed by atoms with Gasteiger partial charge >= 0.3 is 0 Å². The number of aromatic nitrogens is 1. The molecule has 0 saturated heterocycles. The van der Waals surface area contributed by atoms with Crippen LogP contribution in [0.1, 0.15) is 30.7 Å². The van der Waals surface area contributed by atoms with Crippen molar-refractivity contribution in [1.29, 1.82) is 0 Å². The standard InChI is InChI=1S/C16H18N2O2S/c19-12-7-5-11(6-8-12)17-15(20)9-10-16-18-13-3-1-2-4-14(13)21-16/h1-4,9-12,19H,5-8H2,(H,17,20)/b10-9+. The molecule has 2 N–H and O–H groups in total. The fourth-order valence-electron chi connectivity index (χ4n) is 2.58. The normalized spacial score (nSPS) is 22.7. The van der Waals surface area contributed by atoms with Gasteiger partial charge in [-0.25, -0.2) is 4.98 Å². The van der Waals surface area contributed by atoms with Crippen LogP contribution in [-0.4, -0.2) is 28.1 Å². The van der Waals surface area contributed by atoms with Gasteiger partial charge in [0.05, 0.1) is 16.3 Å². The molecule has 0 atom stereocenters. The first-order valence-corrected chi connectivity index (χ1v) is 8.04. The van der Waals surface area contributed by atoms with E-state index in [-0.39, 0.29) is 18.1 Å². The minimum atomic E-state index is -0.198. The van der Waals surface area contributed by atoms with Crippen LogP contribution < -0.4 is 5.32 Å². The van der Waals surface area contributed by atoms with Gasteiger partial charge in [-0.2, -0.15) is 0 Å². The van der Waals surface area contributed by atoms with Crippen LogP contribution in [0, 0.1) is 0 Å². The van der Waals surface area contributed by atoms with Crippen molar-refractivity contribution in [2.24, 2.45) is 0 Å². The summed E-state index contributed by atoms with van der Waals surface area (Å²) in [6.07, 6.45) is 6.35. The Hall–Kier alpha value is -1.72. The average molecular weight is 302 g/mol. The van der Waals surface area contributed by atoms with E-state index in [1.54, 1.807) is 23.5 Å². The molecule has 1 fully saturated rings. The van der Waals surface area contributed by atoms with Crippen molar-refractivity contribution >= 4 is 33.5 Å². The van der Waals surface area contributed by atoms with Crippen molar-refractivity contribution in [3.63, 3.8) is 0 Å². The topological polar surface area (TPSA) is 62.2 Å². The molecular weight excluding hydrogens is 284 g/mol. The first kappa shape index (κ1) is 14.2. The Kier molecular flexibility index (Phi) is 4.31. The summed E-state index contributed by atoms with van der Waals surface area (Å²) in [5, 5.41) is 13.3. The molecule has 0 radical (unpaired) electrons. The monoisotopic (exact) mass is 302 g/mol. The number of hydrogen-bond acceptors (Lipinski definition) is 4. The maximum absolute atomic E-state index is 11.9. The summed E-state index contributed by atoms with van der Waals surface area (Å²) in [5.41, 5.74) is 0.962. The number of thiazole rings is 1.